The van der Waals surface area contributed by atoms with Gasteiger partial charge in [-0.3, -0.25) is 14.4 Å². The molecule has 176 valence electrons. The predicted molar refractivity (Wildman–Crippen MR) is 126 cm³/mol. The van der Waals surface area contributed by atoms with Crippen LogP contribution in [0.25, 0.3) is 0 Å². The number of nitrogens with zero attached hydrogens (tertiary/aromatic N) is 3. The van der Waals surface area contributed by atoms with Gasteiger partial charge in [-0.2, -0.15) is 0 Å². The summed E-state index contributed by atoms with van der Waals surface area (Å²) in [7, 11) is 0. The van der Waals surface area contributed by atoms with E-state index >= 15 is 0 Å². The summed E-state index contributed by atoms with van der Waals surface area (Å²) < 4.78 is 13.0. The van der Waals surface area contributed by atoms with Gasteiger partial charge in [0.2, 0.25) is 15.9 Å². The van der Waals surface area contributed by atoms with Gasteiger partial charge in [-0.25, -0.2) is 4.39 Å². The smallest absolute Gasteiger partial charge is 0.286 e. The molecular formula is C24H24FN5O3S. The van der Waals surface area contributed by atoms with E-state index in [1.807, 2.05) is 18.2 Å². The van der Waals surface area contributed by atoms with Gasteiger partial charge in [0.1, 0.15) is 5.82 Å². The number of hydrogen-bond donors (Lipinski definition) is 2. The highest BCUT2D eigenvalue weighted by molar-refractivity contribution is 7.15. The largest absolute Gasteiger partial charge is 0.352 e. The maximum atomic E-state index is 13.0. The zero-order valence-corrected chi connectivity index (χ0v) is 19.2. The molecule has 2 N–H and O–H groups in total. The van der Waals surface area contributed by atoms with E-state index in [1.165, 1.54) is 12.1 Å². The molecule has 34 heavy (non-hydrogen) atoms. The highest BCUT2D eigenvalue weighted by Gasteiger charge is 2.27. The second kappa shape index (κ2) is 11.0. The molecule has 1 aromatic heterocycles. The maximum Gasteiger partial charge on any atom is 0.286 e. The summed E-state index contributed by atoms with van der Waals surface area (Å²) in [6.45, 7) is 1.38. The molecule has 1 aliphatic heterocycles. The number of para-hydroxylation sites is 1. The van der Waals surface area contributed by atoms with E-state index < -0.39 is 5.91 Å². The van der Waals surface area contributed by atoms with Crippen molar-refractivity contribution in [2.45, 2.75) is 25.8 Å². The second-order valence-corrected chi connectivity index (χ2v) is 9.05. The molecule has 1 aliphatic rings. The summed E-state index contributed by atoms with van der Waals surface area (Å²) in [5.41, 5.74) is 1.48. The van der Waals surface area contributed by atoms with E-state index in [1.54, 1.807) is 29.2 Å². The Morgan fingerprint density at radius 2 is 1.65 bits per heavy atom. The number of carbonyl (C=O) groups is 3. The fourth-order valence-corrected chi connectivity index (χ4v) is 4.43. The number of anilines is 1. The Morgan fingerprint density at radius 1 is 0.971 bits per heavy atom. The van der Waals surface area contributed by atoms with Crippen LogP contribution in [0.1, 0.15) is 44.4 Å². The summed E-state index contributed by atoms with van der Waals surface area (Å²) in [6, 6.07) is 15.0. The van der Waals surface area contributed by atoms with E-state index in [9.17, 15) is 18.8 Å². The lowest BCUT2D eigenvalue weighted by molar-refractivity contribution is -0.122. The maximum absolute atomic E-state index is 13.0. The van der Waals surface area contributed by atoms with Gasteiger partial charge in [-0.15, -0.1) is 10.2 Å². The molecule has 4 rings (SSSR count). The number of amides is 3. The number of piperidine rings is 1. The van der Waals surface area contributed by atoms with E-state index in [0.717, 1.165) is 16.9 Å². The Labute approximate surface area is 200 Å². The van der Waals surface area contributed by atoms with Crippen LogP contribution in [0, 0.1) is 11.7 Å². The fraction of sp³-hybridized carbons (Fsp3) is 0.292. The molecular weight excluding hydrogens is 457 g/mol. The lowest BCUT2D eigenvalue weighted by Crippen LogP contribution is -2.39. The molecule has 8 nitrogen and oxygen atoms in total. The monoisotopic (exact) mass is 481 g/mol. The number of halogens is 1. The number of nitrogens with one attached hydrogen (secondary N) is 2. The number of carbonyl (C=O) groups excluding carboxylic acids is 3. The first-order valence-electron chi connectivity index (χ1n) is 11.0. The minimum absolute atomic E-state index is 0.0627. The van der Waals surface area contributed by atoms with Crippen molar-refractivity contribution in [2.75, 3.05) is 18.4 Å². The normalized spacial score (nSPS) is 14.0. The first-order chi connectivity index (χ1) is 16.5. The van der Waals surface area contributed by atoms with Gasteiger partial charge >= 0.3 is 0 Å². The van der Waals surface area contributed by atoms with Gasteiger partial charge in [-0.1, -0.05) is 41.7 Å². The highest BCUT2D eigenvalue weighted by atomic mass is 32.1. The van der Waals surface area contributed by atoms with Crippen molar-refractivity contribution in [3.05, 3.63) is 76.0 Å². The predicted octanol–water partition coefficient (Wildman–Crippen LogP) is 3.49. The molecule has 3 aromatic rings. The van der Waals surface area contributed by atoms with Crippen molar-refractivity contribution >= 4 is 34.7 Å². The minimum atomic E-state index is -0.409. The average molecular weight is 482 g/mol. The standard InChI is InChI=1S/C24H24FN5O3S/c25-18-8-6-17(7-9-18)15-26-20(31)14-16-10-12-30(13-11-16)24(33)23-29-28-22(34-23)21(32)27-19-4-2-1-3-5-19/h1-9,16H,10-15H2,(H,26,31)(H,27,32). The van der Waals surface area contributed by atoms with Gasteiger partial charge in [-0.05, 0) is 48.6 Å². The molecule has 1 fully saturated rings. The third-order valence-electron chi connectivity index (χ3n) is 5.61. The summed E-state index contributed by atoms with van der Waals surface area (Å²) >= 11 is 0.966. The van der Waals surface area contributed by atoms with Gasteiger partial charge in [0.05, 0.1) is 0 Å². The van der Waals surface area contributed by atoms with Crippen molar-refractivity contribution in [1.29, 1.82) is 0 Å². The summed E-state index contributed by atoms with van der Waals surface area (Å²) in [5, 5.41) is 13.7. The van der Waals surface area contributed by atoms with Crippen LogP contribution in [0.3, 0.4) is 0 Å². The summed E-state index contributed by atoms with van der Waals surface area (Å²) in [5.74, 6) is -0.855. The van der Waals surface area contributed by atoms with Gasteiger partial charge < -0.3 is 15.5 Å². The van der Waals surface area contributed by atoms with Crippen LogP contribution in [0.5, 0.6) is 0 Å². The molecule has 10 heteroatoms. The molecule has 0 aliphatic carbocycles. The van der Waals surface area contributed by atoms with Crippen molar-refractivity contribution in [2.24, 2.45) is 5.92 Å². The fourth-order valence-electron chi connectivity index (χ4n) is 3.72. The van der Waals surface area contributed by atoms with Crippen LogP contribution in [0.15, 0.2) is 54.6 Å². The van der Waals surface area contributed by atoms with Crippen molar-refractivity contribution in [3.63, 3.8) is 0 Å². The molecule has 2 aromatic carbocycles. The molecule has 0 bridgehead atoms. The molecule has 0 spiro atoms. The van der Waals surface area contributed by atoms with Crippen molar-refractivity contribution < 1.29 is 18.8 Å². The first kappa shape index (κ1) is 23.5. The van der Waals surface area contributed by atoms with Crippen LogP contribution in [0.4, 0.5) is 10.1 Å². The van der Waals surface area contributed by atoms with Gasteiger partial charge in [0.25, 0.3) is 11.8 Å². The third kappa shape index (κ3) is 6.22. The summed E-state index contributed by atoms with van der Waals surface area (Å²) in [4.78, 5) is 39.1. The quantitative estimate of drug-likeness (QED) is 0.538. The number of likely N-dealkylation sites (tertiary alicyclic amines) is 1. The Hall–Kier alpha value is -3.66. The number of hydrogen-bond acceptors (Lipinski definition) is 6. The van der Waals surface area contributed by atoms with Crippen molar-refractivity contribution in [1.82, 2.24) is 20.4 Å². The number of aromatic nitrogens is 2. The zero-order valence-electron chi connectivity index (χ0n) is 18.4. The molecule has 0 saturated carbocycles. The van der Waals surface area contributed by atoms with Gasteiger partial charge in [0, 0.05) is 31.7 Å². The Bertz CT molecular complexity index is 1140. The minimum Gasteiger partial charge on any atom is -0.352 e. The van der Waals surface area contributed by atoms with Crippen LogP contribution in [-0.4, -0.2) is 45.9 Å². The molecule has 0 atom stereocenters. The topological polar surface area (TPSA) is 104 Å². The molecule has 2 heterocycles. The first-order valence-corrected chi connectivity index (χ1v) is 11.8. The lowest BCUT2D eigenvalue weighted by atomic mass is 9.93. The van der Waals surface area contributed by atoms with Gasteiger partial charge in [0.15, 0.2) is 0 Å². The lowest BCUT2D eigenvalue weighted by Gasteiger charge is -2.31. The molecule has 0 unspecified atom stereocenters. The number of rotatable bonds is 7. The van der Waals surface area contributed by atoms with E-state index in [2.05, 4.69) is 20.8 Å². The highest BCUT2D eigenvalue weighted by Crippen LogP contribution is 2.23. The summed E-state index contributed by atoms with van der Waals surface area (Å²) in [6.07, 6.45) is 1.79. The Morgan fingerprint density at radius 3 is 2.35 bits per heavy atom. The SMILES string of the molecule is O=C(CC1CCN(C(=O)c2nnc(C(=O)Nc3ccccc3)s2)CC1)NCc1ccc(F)cc1. The van der Waals surface area contributed by atoms with Crippen LogP contribution in [0.2, 0.25) is 0 Å². The van der Waals surface area contributed by atoms with E-state index in [0.29, 0.717) is 44.6 Å². The third-order valence-corrected chi connectivity index (χ3v) is 6.52. The van der Waals surface area contributed by atoms with Crippen LogP contribution < -0.4 is 10.6 Å². The van der Waals surface area contributed by atoms with E-state index in [-0.39, 0.29) is 33.6 Å². The van der Waals surface area contributed by atoms with E-state index in [4.69, 9.17) is 0 Å². The molecule has 3 amide bonds. The zero-order chi connectivity index (χ0) is 23.9. The Balaban J connectivity index is 1.22. The average Bonchev–Trinajstić information content (AvgIpc) is 3.35. The van der Waals surface area contributed by atoms with Crippen molar-refractivity contribution in [3.8, 4) is 0 Å². The second-order valence-electron chi connectivity index (χ2n) is 8.08. The van der Waals surface area contributed by atoms with Crippen LogP contribution in [-0.2, 0) is 11.3 Å². The molecule has 0 radical (unpaired) electrons. The van der Waals surface area contributed by atoms with Crippen LogP contribution >= 0.6 is 11.3 Å². The number of benzene rings is 2. The molecule has 1 saturated heterocycles. The Kier molecular flexibility index (Phi) is 7.58.